The number of fused-ring (bicyclic) bond motifs is 1. The average molecular weight is 277 g/mol. The van der Waals surface area contributed by atoms with Crippen molar-refractivity contribution >= 4 is 22.6 Å². The first-order chi connectivity index (χ1) is 5.86. The maximum absolute atomic E-state index is 5.39. The molecule has 5 heteroatoms. The molecule has 1 N–H and O–H groups in total. The van der Waals surface area contributed by atoms with E-state index in [2.05, 4.69) is 37.9 Å². The zero-order valence-corrected chi connectivity index (χ0v) is 8.54. The molecule has 1 aromatic heterocycles. The maximum atomic E-state index is 5.39. The van der Waals surface area contributed by atoms with Gasteiger partial charge in [-0.3, -0.25) is 4.98 Å². The summed E-state index contributed by atoms with van der Waals surface area (Å²) in [7, 11) is 0. The Hall–Kier alpha value is -0.430. The second-order valence-electron chi connectivity index (χ2n) is 2.47. The maximum Gasteiger partial charge on any atom is 0.238 e. The van der Waals surface area contributed by atoms with Crippen LogP contribution >= 0.6 is 22.6 Å². The van der Waals surface area contributed by atoms with Crippen LogP contribution in [0.2, 0.25) is 0 Å². The Labute approximate surface area is 83.9 Å². The average Bonchev–Trinajstić information content (AvgIpc) is 2.28. The van der Waals surface area contributed by atoms with E-state index in [9.17, 15) is 0 Å². The minimum absolute atomic E-state index is 0.668. The van der Waals surface area contributed by atoms with Crippen LogP contribution in [0.4, 0.5) is 0 Å². The van der Waals surface area contributed by atoms with E-state index in [1.165, 1.54) is 0 Å². The number of ether oxygens (including phenoxy) is 1. The third-order valence-corrected chi connectivity index (χ3v) is 2.11. The fourth-order valence-corrected chi connectivity index (χ4v) is 1.40. The van der Waals surface area contributed by atoms with Gasteiger partial charge in [0.25, 0.3) is 0 Å². The van der Waals surface area contributed by atoms with Crippen molar-refractivity contribution in [3.63, 3.8) is 0 Å². The van der Waals surface area contributed by atoms with Gasteiger partial charge in [-0.05, 0) is 22.6 Å². The molecular formula is C7H8IN3O. The normalized spacial score (nSPS) is 16.1. The van der Waals surface area contributed by atoms with E-state index in [-0.39, 0.29) is 0 Å². The second kappa shape index (κ2) is 3.53. The number of hydrogen-bond donors (Lipinski definition) is 1. The summed E-state index contributed by atoms with van der Waals surface area (Å²) in [6.45, 7) is 2.27. The van der Waals surface area contributed by atoms with Crippen molar-refractivity contribution < 1.29 is 4.74 Å². The van der Waals surface area contributed by atoms with Gasteiger partial charge in [0, 0.05) is 13.1 Å². The molecule has 0 atom stereocenters. The van der Waals surface area contributed by atoms with Gasteiger partial charge in [-0.1, -0.05) is 0 Å². The lowest BCUT2D eigenvalue weighted by molar-refractivity contribution is 0.312. The van der Waals surface area contributed by atoms with E-state index in [1.807, 2.05) is 0 Å². The molecular weight excluding hydrogens is 269 g/mol. The largest absolute Gasteiger partial charge is 0.475 e. The van der Waals surface area contributed by atoms with Gasteiger partial charge < -0.3 is 10.1 Å². The predicted molar refractivity (Wildman–Crippen MR) is 52.0 cm³/mol. The Morgan fingerprint density at radius 1 is 1.58 bits per heavy atom. The summed E-state index contributed by atoms with van der Waals surface area (Å²) >= 11 is 2.12. The molecule has 0 saturated carbocycles. The number of halogens is 1. The summed E-state index contributed by atoms with van der Waals surface area (Å²) < 4.78 is 6.26. The van der Waals surface area contributed by atoms with Gasteiger partial charge in [0.1, 0.15) is 16.0 Å². The van der Waals surface area contributed by atoms with Crippen LogP contribution in [-0.2, 0) is 6.54 Å². The van der Waals surface area contributed by atoms with E-state index in [1.54, 1.807) is 6.20 Å². The van der Waals surface area contributed by atoms with Crippen molar-refractivity contribution in [2.45, 2.75) is 6.54 Å². The van der Waals surface area contributed by atoms with Gasteiger partial charge in [-0.25, -0.2) is 4.98 Å². The van der Waals surface area contributed by atoms with Crippen molar-refractivity contribution in [1.29, 1.82) is 0 Å². The molecule has 0 bridgehead atoms. The van der Waals surface area contributed by atoms with Crippen LogP contribution in [0.15, 0.2) is 6.20 Å². The lowest BCUT2D eigenvalue weighted by Gasteiger charge is -2.03. The molecule has 4 nitrogen and oxygen atoms in total. The molecule has 0 saturated heterocycles. The van der Waals surface area contributed by atoms with Crippen LogP contribution in [0, 0.1) is 3.70 Å². The number of nitrogens with zero attached hydrogens (tertiary/aromatic N) is 2. The highest BCUT2D eigenvalue weighted by Gasteiger charge is 2.10. The molecule has 1 aliphatic heterocycles. The molecule has 0 fully saturated rings. The van der Waals surface area contributed by atoms with Gasteiger partial charge >= 0.3 is 0 Å². The van der Waals surface area contributed by atoms with Gasteiger partial charge in [0.15, 0.2) is 0 Å². The van der Waals surface area contributed by atoms with Crippen LogP contribution in [0.1, 0.15) is 5.69 Å². The zero-order valence-electron chi connectivity index (χ0n) is 6.38. The molecule has 1 aliphatic rings. The fourth-order valence-electron chi connectivity index (χ4n) is 1.04. The van der Waals surface area contributed by atoms with Crippen molar-refractivity contribution in [2.24, 2.45) is 0 Å². The number of aromatic nitrogens is 2. The minimum atomic E-state index is 0.668. The third kappa shape index (κ3) is 1.66. The van der Waals surface area contributed by atoms with Crippen LogP contribution in [0.25, 0.3) is 0 Å². The highest BCUT2D eigenvalue weighted by atomic mass is 127. The molecule has 64 valence electrons. The minimum Gasteiger partial charge on any atom is -0.475 e. The van der Waals surface area contributed by atoms with Crippen molar-refractivity contribution in [3.05, 3.63) is 15.6 Å². The van der Waals surface area contributed by atoms with Gasteiger partial charge in [0.2, 0.25) is 5.88 Å². The molecule has 0 aromatic carbocycles. The third-order valence-electron chi connectivity index (χ3n) is 1.59. The van der Waals surface area contributed by atoms with E-state index >= 15 is 0 Å². The summed E-state index contributed by atoms with van der Waals surface area (Å²) in [6, 6.07) is 0. The van der Waals surface area contributed by atoms with Crippen molar-refractivity contribution in [2.75, 3.05) is 13.2 Å². The topological polar surface area (TPSA) is 47.0 Å². The van der Waals surface area contributed by atoms with Crippen molar-refractivity contribution in [3.8, 4) is 5.88 Å². The van der Waals surface area contributed by atoms with Gasteiger partial charge in [-0.15, -0.1) is 0 Å². The molecule has 0 aliphatic carbocycles. The monoisotopic (exact) mass is 277 g/mol. The predicted octanol–water partition coefficient (Wildman–Crippen LogP) is 0.563. The lowest BCUT2D eigenvalue weighted by atomic mass is 10.4. The van der Waals surface area contributed by atoms with E-state index in [0.29, 0.717) is 12.5 Å². The van der Waals surface area contributed by atoms with Gasteiger partial charge in [-0.2, -0.15) is 0 Å². The molecule has 12 heavy (non-hydrogen) atoms. The number of hydrogen-bond acceptors (Lipinski definition) is 4. The van der Waals surface area contributed by atoms with E-state index in [0.717, 1.165) is 22.5 Å². The van der Waals surface area contributed by atoms with E-state index < -0.39 is 0 Å². The zero-order chi connectivity index (χ0) is 8.39. The highest BCUT2D eigenvalue weighted by molar-refractivity contribution is 14.1. The first kappa shape index (κ1) is 8.18. The summed E-state index contributed by atoms with van der Waals surface area (Å²) in [4.78, 5) is 8.46. The first-order valence-corrected chi connectivity index (χ1v) is 4.79. The highest BCUT2D eigenvalue weighted by Crippen LogP contribution is 2.15. The lowest BCUT2D eigenvalue weighted by Crippen LogP contribution is -2.16. The van der Waals surface area contributed by atoms with Crippen LogP contribution in [0.5, 0.6) is 5.88 Å². The fraction of sp³-hybridized carbons (Fsp3) is 0.429. The van der Waals surface area contributed by atoms with E-state index in [4.69, 9.17) is 4.74 Å². The standard InChI is InChI=1S/C7H8IN3O/c8-6-4-10-5-3-9-1-2-12-7(5)11-6/h4,9H,1-3H2. The molecule has 0 unspecified atom stereocenters. The molecule has 1 aromatic rings. The Bertz CT molecular complexity index is 292. The SMILES string of the molecule is Ic1cnc2c(n1)OCCNC2. The Kier molecular flexibility index (Phi) is 2.40. The Morgan fingerprint density at radius 2 is 2.50 bits per heavy atom. The van der Waals surface area contributed by atoms with Crippen LogP contribution in [0.3, 0.4) is 0 Å². The smallest absolute Gasteiger partial charge is 0.238 e. The molecule has 2 heterocycles. The first-order valence-electron chi connectivity index (χ1n) is 3.71. The molecule has 0 radical (unpaired) electrons. The second-order valence-corrected chi connectivity index (χ2v) is 3.58. The summed E-state index contributed by atoms with van der Waals surface area (Å²) in [6.07, 6.45) is 1.75. The summed E-state index contributed by atoms with van der Waals surface area (Å²) in [5.74, 6) is 0.673. The Morgan fingerprint density at radius 3 is 3.42 bits per heavy atom. The number of nitrogens with one attached hydrogen (secondary N) is 1. The van der Waals surface area contributed by atoms with Crippen LogP contribution < -0.4 is 10.1 Å². The molecule has 0 spiro atoms. The van der Waals surface area contributed by atoms with Gasteiger partial charge in [0.05, 0.1) is 6.20 Å². The van der Waals surface area contributed by atoms with Crippen molar-refractivity contribution in [1.82, 2.24) is 15.3 Å². The molecule has 2 rings (SSSR count). The Balaban J connectivity index is 2.36. The summed E-state index contributed by atoms with van der Waals surface area (Å²) in [5, 5.41) is 3.19. The molecule has 0 amide bonds. The summed E-state index contributed by atoms with van der Waals surface area (Å²) in [5.41, 5.74) is 0.896. The van der Waals surface area contributed by atoms with Crippen LogP contribution in [-0.4, -0.2) is 23.1 Å². The number of rotatable bonds is 0. The quantitative estimate of drug-likeness (QED) is 0.704.